The Hall–Kier alpha value is -1.32. The number of rotatable bonds is 3. The van der Waals surface area contributed by atoms with Gasteiger partial charge in [0, 0.05) is 37.3 Å². The van der Waals surface area contributed by atoms with E-state index in [1.165, 1.54) is 0 Å². The second kappa shape index (κ2) is 5.98. The van der Waals surface area contributed by atoms with Crippen LogP contribution in [0, 0.1) is 0 Å². The van der Waals surface area contributed by atoms with E-state index in [1.54, 1.807) is 0 Å². The van der Waals surface area contributed by atoms with E-state index in [-0.39, 0.29) is 0 Å². The van der Waals surface area contributed by atoms with Gasteiger partial charge in [-0.3, -0.25) is 0 Å². The molecule has 1 aromatic heterocycles. The molecule has 1 aliphatic rings. The summed E-state index contributed by atoms with van der Waals surface area (Å²) in [7, 11) is 2.11. The molecule has 106 valence electrons. The molecule has 0 aliphatic carbocycles. The van der Waals surface area contributed by atoms with Gasteiger partial charge in [-0.1, -0.05) is 18.2 Å². The van der Waals surface area contributed by atoms with Gasteiger partial charge in [-0.25, -0.2) is 4.98 Å². The lowest BCUT2D eigenvalue weighted by Crippen LogP contribution is -2.37. The van der Waals surface area contributed by atoms with E-state index in [4.69, 9.17) is 21.3 Å². The fraction of sp³-hybridized carbons (Fsp3) is 0.438. The summed E-state index contributed by atoms with van der Waals surface area (Å²) in [5.41, 5.74) is 2.12. The third-order valence-electron chi connectivity index (χ3n) is 4.00. The average molecular weight is 291 g/mol. The summed E-state index contributed by atoms with van der Waals surface area (Å²) in [6, 6.07) is 10.8. The predicted octanol–water partition coefficient (Wildman–Crippen LogP) is 3.59. The van der Waals surface area contributed by atoms with Gasteiger partial charge in [0.1, 0.15) is 5.82 Å². The summed E-state index contributed by atoms with van der Waals surface area (Å²) in [6.07, 6.45) is 2.10. The van der Waals surface area contributed by atoms with E-state index in [1.807, 2.05) is 12.1 Å². The van der Waals surface area contributed by atoms with Crippen LogP contribution < -0.4 is 4.90 Å². The smallest absolute Gasteiger partial charge is 0.133 e. The van der Waals surface area contributed by atoms with Crippen molar-refractivity contribution in [1.29, 1.82) is 0 Å². The first kappa shape index (κ1) is 13.7. The molecule has 4 heteroatoms. The molecule has 1 fully saturated rings. The van der Waals surface area contributed by atoms with Gasteiger partial charge in [-0.05, 0) is 25.0 Å². The van der Waals surface area contributed by atoms with Crippen LogP contribution in [-0.2, 0) is 10.6 Å². The third kappa shape index (κ3) is 2.60. The monoisotopic (exact) mass is 290 g/mol. The molecule has 0 N–H and O–H groups in total. The number of para-hydroxylation sites is 1. The Balaban J connectivity index is 1.99. The molecule has 0 saturated carbocycles. The van der Waals surface area contributed by atoms with Crippen LogP contribution in [0.2, 0.25) is 0 Å². The quantitative estimate of drug-likeness (QED) is 0.808. The first-order valence-corrected chi connectivity index (χ1v) is 7.58. The van der Waals surface area contributed by atoms with Gasteiger partial charge in [0.15, 0.2) is 0 Å². The number of alkyl halides is 1. The minimum absolute atomic E-state index is 0.486. The lowest BCUT2D eigenvalue weighted by Gasteiger charge is -2.33. The minimum atomic E-state index is 0.486. The Morgan fingerprint density at radius 3 is 2.80 bits per heavy atom. The van der Waals surface area contributed by atoms with Crippen molar-refractivity contribution >= 4 is 28.3 Å². The molecule has 3 nitrogen and oxygen atoms in total. The zero-order valence-corrected chi connectivity index (χ0v) is 12.4. The molecule has 20 heavy (non-hydrogen) atoms. The van der Waals surface area contributed by atoms with Crippen molar-refractivity contribution < 1.29 is 4.74 Å². The normalized spacial score (nSPS) is 16.5. The van der Waals surface area contributed by atoms with Crippen LogP contribution in [0.1, 0.15) is 18.4 Å². The summed E-state index contributed by atoms with van der Waals surface area (Å²) in [5.74, 6) is 1.49. The molecule has 1 aromatic carbocycles. The van der Waals surface area contributed by atoms with Gasteiger partial charge < -0.3 is 9.64 Å². The molecule has 1 saturated heterocycles. The topological polar surface area (TPSA) is 25.4 Å². The Kier molecular flexibility index (Phi) is 4.08. The van der Waals surface area contributed by atoms with Gasteiger partial charge in [0.2, 0.25) is 0 Å². The van der Waals surface area contributed by atoms with E-state index in [2.05, 4.69) is 30.1 Å². The number of halogens is 1. The second-order valence-electron chi connectivity index (χ2n) is 5.25. The van der Waals surface area contributed by atoms with Crippen LogP contribution in [0.15, 0.2) is 30.3 Å². The van der Waals surface area contributed by atoms with Crippen molar-refractivity contribution in [2.24, 2.45) is 0 Å². The number of anilines is 1. The van der Waals surface area contributed by atoms with Gasteiger partial charge in [0.05, 0.1) is 11.4 Å². The van der Waals surface area contributed by atoms with Crippen molar-refractivity contribution in [1.82, 2.24) is 4.98 Å². The summed E-state index contributed by atoms with van der Waals surface area (Å²) < 4.78 is 5.44. The van der Waals surface area contributed by atoms with Gasteiger partial charge >= 0.3 is 0 Å². The molecular formula is C16H19ClN2O. The Bertz CT molecular complexity index is 596. The molecule has 2 aromatic rings. The number of hydrogen-bond donors (Lipinski definition) is 0. The first-order valence-electron chi connectivity index (χ1n) is 7.05. The van der Waals surface area contributed by atoms with Crippen LogP contribution in [-0.4, -0.2) is 31.3 Å². The maximum absolute atomic E-state index is 6.12. The highest BCUT2D eigenvalue weighted by molar-refractivity contribution is 6.17. The van der Waals surface area contributed by atoms with Crippen molar-refractivity contribution in [2.75, 3.05) is 25.2 Å². The van der Waals surface area contributed by atoms with E-state index in [0.29, 0.717) is 11.9 Å². The third-order valence-corrected chi connectivity index (χ3v) is 4.28. The Morgan fingerprint density at radius 2 is 2.05 bits per heavy atom. The first-order chi connectivity index (χ1) is 9.79. The van der Waals surface area contributed by atoms with Crippen molar-refractivity contribution in [3.63, 3.8) is 0 Å². The van der Waals surface area contributed by atoms with E-state index >= 15 is 0 Å². The Labute approximate surface area is 124 Å². The summed E-state index contributed by atoms with van der Waals surface area (Å²) in [4.78, 5) is 7.09. The van der Waals surface area contributed by atoms with Crippen LogP contribution in [0.4, 0.5) is 5.82 Å². The zero-order valence-electron chi connectivity index (χ0n) is 11.7. The van der Waals surface area contributed by atoms with Gasteiger partial charge in [-0.15, -0.1) is 11.6 Å². The summed E-state index contributed by atoms with van der Waals surface area (Å²) in [5, 5.41) is 1.15. The number of pyridine rings is 1. The van der Waals surface area contributed by atoms with E-state index in [9.17, 15) is 0 Å². The lowest BCUT2D eigenvalue weighted by molar-refractivity contribution is 0.0853. The van der Waals surface area contributed by atoms with Crippen LogP contribution >= 0.6 is 11.6 Å². The molecule has 0 atom stereocenters. The predicted molar refractivity (Wildman–Crippen MR) is 83.5 cm³/mol. The number of ether oxygens (including phenoxy) is 1. The molecule has 2 heterocycles. The molecule has 0 radical (unpaired) electrons. The number of benzene rings is 1. The number of aromatic nitrogens is 1. The van der Waals surface area contributed by atoms with E-state index in [0.717, 1.165) is 48.3 Å². The van der Waals surface area contributed by atoms with Gasteiger partial charge in [-0.2, -0.15) is 0 Å². The summed E-state index contributed by atoms with van der Waals surface area (Å²) >= 11 is 6.12. The number of fused-ring (bicyclic) bond motifs is 1. The largest absolute Gasteiger partial charge is 0.381 e. The van der Waals surface area contributed by atoms with Crippen LogP contribution in [0.5, 0.6) is 0 Å². The van der Waals surface area contributed by atoms with Crippen molar-refractivity contribution in [3.8, 4) is 0 Å². The number of hydrogen-bond acceptors (Lipinski definition) is 3. The average Bonchev–Trinajstić information content (AvgIpc) is 2.53. The Morgan fingerprint density at radius 1 is 1.30 bits per heavy atom. The standard InChI is InChI=1S/C16H19ClN2O/c1-19(14-6-8-20-9-7-14)16-13(11-17)10-12-4-2-3-5-15(12)18-16/h2-5,10,14H,6-9,11H2,1H3. The zero-order chi connectivity index (χ0) is 13.9. The van der Waals surface area contributed by atoms with E-state index < -0.39 is 0 Å². The van der Waals surface area contributed by atoms with Crippen molar-refractivity contribution in [2.45, 2.75) is 24.8 Å². The fourth-order valence-electron chi connectivity index (χ4n) is 2.80. The molecule has 0 amide bonds. The molecule has 0 bridgehead atoms. The van der Waals surface area contributed by atoms with Crippen molar-refractivity contribution in [3.05, 3.63) is 35.9 Å². The molecule has 0 unspecified atom stereocenters. The highest BCUT2D eigenvalue weighted by Crippen LogP contribution is 2.27. The molecule has 3 rings (SSSR count). The maximum Gasteiger partial charge on any atom is 0.133 e. The van der Waals surface area contributed by atoms with Gasteiger partial charge in [0.25, 0.3) is 0 Å². The fourth-order valence-corrected chi connectivity index (χ4v) is 3.00. The highest BCUT2D eigenvalue weighted by Gasteiger charge is 2.21. The minimum Gasteiger partial charge on any atom is -0.381 e. The second-order valence-corrected chi connectivity index (χ2v) is 5.52. The number of nitrogens with zero attached hydrogens (tertiary/aromatic N) is 2. The molecule has 1 aliphatic heterocycles. The maximum atomic E-state index is 6.12. The molecular weight excluding hydrogens is 272 g/mol. The molecule has 0 spiro atoms. The summed E-state index contributed by atoms with van der Waals surface area (Å²) in [6.45, 7) is 1.66. The van der Waals surface area contributed by atoms with Crippen LogP contribution in [0.25, 0.3) is 10.9 Å². The highest BCUT2D eigenvalue weighted by atomic mass is 35.5. The lowest BCUT2D eigenvalue weighted by atomic mass is 10.1. The van der Waals surface area contributed by atoms with Crippen LogP contribution in [0.3, 0.4) is 0 Å². The SMILES string of the molecule is CN(c1nc2ccccc2cc1CCl)C1CCOCC1.